The molecule has 0 unspecified atom stereocenters. The number of allylic oxidation sites excluding steroid dienone is 1. The van der Waals surface area contributed by atoms with Crippen molar-refractivity contribution in [2.45, 2.75) is 40.0 Å². The van der Waals surface area contributed by atoms with Crippen LogP contribution in [0.2, 0.25) is 0 Å². The van der Waals surface area contributed by atoms with Crippen LogP contribution in [0.5, 0.6) is 0 Å². The van der Waals surface area contributed by atoms with Crippen LogP contribution in [-0.2, 0) is 9.53 Å². The van der Waals surface area contributed by atoms with Crippen molar-refractivity contribution in [2.75, 3.05) is 6.61 Å². The van der Waals surface area contributed by atoms with Crippen LogP contribution < -0.4 is 0 Å². The molecule has 0 aromatic heterocycles. The normalized spacial score (nSPS) is 11.4. The first-order valence-electron chi connectivity index (χ1n) is 4.52. The van der Waals surface area contributed by atoms with Gasteiger partial charge in [-0.05, 0) is 18.4 Å². The van der Waals surface area contributed by atoms with Gasteiger partial charge in [0, 0.05) is 6.92 Å². The molecular formula is C10H18O2. The summed E-state index contributed by atoms with van der Waals surface area (Å²) >= 11 is 0. The van der Waals surface area contributed by atoms with E-state index in [-0.39, 0.29) is 5.97 Å². The molecule has 0 aliphatic heterocycles. The van der Waals surface area contributed by atoms with E-state index in [0.29, 0.717) is 6.61 Å². The summed E-state index contributed by atoms with van der Waals surface area (Å²) in [5, 5.41) is 0. The molecule has 0 saturated heterocycles. The molecule has 0 aromatic rings. The van der Waals surface area contributed by atoms with Crippen LogP contribution in [0, 0.1) is 0 Å². The highest BCUT2D eigenvalue weighted by Crippen LogP contribution is 2.04. The maximum atomic E-state index is 10.5. The molecule has 0 saturated carbocycles. The van der Waals surface area contributed by atoms with E-state index in [4.69, 9.17) is 4.74 Å². The molecule has 0 rings (SSSR count). The van der Waals surface area contributed by atoms with E-state index in [9.17, 15) is 4.79 Å². The van der Waals surface area contributed by atoms with E-state index in [2.05, 4.69) is 19.9 Å². The third kappa shape index (κ3) is 5.96. The van der Waals surface area contributed by atoms with Gasteiger partial charge >= 0.3 is 5.97 Å². The summed E-state index contributed by atoms with van der Waals surface area (Å²) in [5.41, 5.74) is 1.21. The molecular weight excluding hydrogens is 152 g/mol. The van der Waals surface area contributed by atoms with Crippen LogP contribution in [0.25, 0.3) is 0 Å². The molecule has 0 N–H and O–H groups in total. The second-order valence-corrected chi connectivity index (χ2v) is 2.78. The zero-order valence-electron chi connectivity index (χ0n) is 8.22. The number of hydrogen-bond acceptors (Lipinski definition) is 2. The van der Waals surface area contributed by atoms with E-state index in [0.717, 1.165) is 19.3 Å². The molecule has 0 amide bonds. The summed E-state index contributed by atoms with van der Waals surface area (Å²) in [6.07, 6.45) is 5.34. The number of carbonyl (C=O) groups is 1. The maximum absolute atomic E-state index is 10.5. The van der Waals surface area contributed by atoms with Crippen molar-refractivity contribution < 1.29 is 9.53 Å². The Morgan fingerprint density at radius 1 is 1.42 bits per heavy atom. The molecule has 12 heavy (non-hydrogen) atoms. The summed E-state index contributed by atoms with van der Waals surface area (Å²) in [5.74, 6) is -0.203. The molecule has 0 fully saturated rings. The molecule has 0 radical (unpaired) electrons. The lowest BCUT2D eigenvalue weighted by molar-refractivity contribution is -0.140. The average molecular weight is 170 g/mol. The van der Waals surface area contributed by atoms with Gasteiger partial charge in [-0.1, -0.05) is 26.3 Å². The molecule has 0 aromatic carbocycles. The minimum atomic E-state index is -0.203. The van der Waals surface area contributed by atoms with E-state index >= 15 is 0 Å². The van der Waals surface area contributed by atoms with Crippen molar-refractivity contribution >= 4 is 5.97 Å². The first kappa shape index (κ1) is 11.2. The quantitative estimate of drug-likeness (QED) is 0.468. The Bertz CT molecular complexity index is 159. The zero-order valence-corrected chi connectivity index (χ0v) is 8.22. The van der Waals surface area contributed by atoms with Crippen LogP contribution >= 0.6 is 0 Å². The fraction of sp³-hybridized carbons (Fsp3) is 0.700. The first-order valence-corrected chi connectivity index (χ1v) is 4.52. The number of carbonyl (C=O) groups excluding carboxylic acids is 1. The van der Waals surface area contributed by atoms with Crippen molar-refractivity contribution in [3.05, 3.63) is 11.6 Å². The highest BCUT2D eigenvalue weighted by molar-refractivity contribution is 5.66. The molecule has 0 aliphatic carbocycles. The van der Waals surface area contributed by atoms with Crippen LogP contribution in [0.4, 0.5) is 0 Å². The molecule has 70 valence electrons. The van der Waals surface area contributed by atoms with Crippen LogP contribution in [0.1, 0.15) is 40.0 Å². The van der Waals surface area contributed by atoms with Gasteiger partial charge in [0.15, 0.2) is 0 Å². The molecule has 0 atom stereocenters. The summed E-state index contributed by atoms with van der Waals surface area (Å²) in [6, 6.07) is 0. The van der Waals surface area contributed by atoms with E-state index < -0.39 is 0 Å². The summed E-state index contributed by atoms with van der Waals surface area (Å²) in [4.78, 5) is 10.5. The Morgan fingerprint density at radius 2 is 2.08 bits per heavy atom. The smallest absolute Gasteiger partial charge is 0.302 e. The van der Waals surface area contributed by atoms with Crippen molar-refractivity contribution in [1.82, 2.24) is 0 Å². The van der Waals surface area contributed by atoms with E-state index in [1.807, 2.05) is 0 Å². The maximum Gasteiger partial charge on any atom is 0.302 e. The standard InChI is InChI=1S/C10H18O2/c1-4-6-7-10(5-2)8-12-9(3)11/h7H,4-6,8H2,1-3H3/b10-7+. The molecule has 0 heterocycles. The topological polar surface area (TPSA) is 26.3 Å². The number of unbranched alkanes of at least 4 members (excludes halogenated alkanes) is 1. The summed E-state index contributed by atoms with van der Waals surface area (Å²) < 4.78 is 4.88. The van der Waals surface area contributed by atoms with E-state index in [1.165, 1.54) is 12.5 Å². The minimum Gasteiger partial charge on any atom is -0.461 e. The third-order valence-electron chi connectivity index (χ3n) is 1.64. The lowest BCUT2D eigenvalue weighted by atomic mass is 10.1. The van der Waals surface area contributed by atoms with Gasteiger partial charge in [0.1, 0.15) is 6.61 Å². The van der Waals surface area contributed by atoms with Gasteiger partial charge in [-0.2, -0.15) is 0 Å². The van der Waals surface area contributed by atoms with Crippen molar-refractivity contribution in [2.24, 2.45) is 0 Å². The monoisotopic (exact) mass is 170 g/mol. The third-order valence-corrected chi connectivity index (χ3v) is 1.64. The molecule has 0 aliphatic rings. The fourth-order valence-electron chi connectivity index (χ4n) is 0.848. The Kier molecular flexibility index (Phi) is 6.44. The average Bonchev–Trinajstić information content (AvgIpc) is 2.05. The summed E-state index contributed by atoms with van der Waals surface area (Å²) in [6.45, 7) is 6.11. The van der Waals surface area contributed by atoms with Gasteiger partial charge in [-0.25, -0.2) is 0 Å². The number of ether oxygens (including phenoxy) is 1. The largest absolute Gasteiger partial charge is 0.461 e. The second-order valence-electron chi connectivity index (χ2n) is 2.78. The van der Waals surface area contributed by atoms with E-state index in [1.54, 1.807) is 0 Å². The highest BCUT2D eigenvalue weighted by atomic mass is 16.5. The first-order chi connectivity index (χ1) is 5.70. The van der Waals surface area contributed by atoms with Crippen LogP contribution in [0.15, 0.2) is 11.6 Å². The predicted octanol–water partition coefficient (Wildman–Crippen LogP) is 2.69. The Labute approximate surface area is 74.6 Å². The Hall–Kier alpha value is -0.790. The van der Waals surface area contributed by atoms with Crippen LogP contribution in [-0.4, -0.2) is 12.6 Å². The highest BCUT2D eigenvalue weighted by Gasteiger charge is 1.96. The van der Waals surface area contributed by atoms with Crippen molar-refractivity contribution in [3.63, 3.8) is 0 Å². The Balaban J connectivity index is 3.74. The van der Waals surface area contributed by atoms with Gasteiger partial charge in [0.05, 0.1) is 0 Å². The van der Waals surface area contributed by atoms with Gasteiger partial charge < -0.3 is 4.74 Å². The van der Waals surface area contributed by atoms with Crippen molar-refractivity contribution in [3.8, 4) is 0 Å². The van der Waals surface area contributed by atoms with Crippen LogP contribution in [0.3, 0.4) is 0 Å². The van der Waals surface area contributed by atoms with Gasteiger partial charge in [-0.15, -0.1) is 0 Å². The lowest BCUT2D eigenvalue weighted by Gasteiger charge is -2.04. The molecule has 0 spiro atoms. The fourth-order valence-corrected chi connectivity index (χ4v) is 0.848. The number of hydrogen-bond donors (Lipinski definition) is 0. The predicted molar refractivity (Wildman–Crippen MR) is 49.9 cm³/mol. The minimum absolute atomic E-state index is 0.203. The Morgan fingerprint density at radius 3 is 2.50 bits per heavy atom. The molecule has 0 bridgehead atoms. The van der Waals surface area contributed by atoms with Gasteiger partial charge in [0.25, 0.3) is 0 Å². The number of esters is 1. The molecule has 2 nitrogen and oxygen atoms in total. The SMILES string of the molecule is CCC/C=C(\CC)COC(C)=O. The van der Waals surface area contributed by atoms with Gasteiger partial charge in [0.2, 0.25) is 0 Å². The lowest BCUT2D eigenvalue weighted by Crippen LogP contribution is -2.02. The van der Waals surface area contributed by atoms with Gasteiger partial charge in [-0.3, -0.25) is 4.79 Å². The zero-order chi connectivity index (χ0) is 9.40. The summed E-state index contributed by atoms with van der Waals surface area (Å²) in [7, 11) is 0. The molecule has 2 heteroatoms. The second kappa shape index (κ2) is 6.89. The number of rotatable bonds is 5. The van der Waals surface area contributed by atoms with Crippen molar-refractivity contribution in [1.29, 1.82) is 0 Å².